The van der Waals surface area contributed by atoms with Gasteiger partial charge in [0, 0.05) is 11.6 Å². The average Bonchev–Trinajstić information content (AvgIpc) is 2.81. The molecule has 0 radical (unpaired) electrons. The van der Waals surface area contributed by atoms with E-state index in [2.05, 4.69) is 5.32 Å². The van der Waals surface area contributed by atoms with E-state index < -0.39 is 44.1 Å². The highest BCUT2D eigenvalue weighted by Crippen LogP contribution is 2.33. The first-order valence-electron chi connectivity index (χ1n) is 6.59. The van der Waals surface area contributed by atoms with E-state index in [9.17, 15) is 23.4 Å². The quantitative estimate of drug-likeness (QED) is 0.565. The minimum Gasteiger partial charge on any atom is -0.446 e. The summed E-state index contributed by atoms with van der Waals surface area (Å²) in [6.07, 6.45) is -0.112. The molecule has 2 N–H and O–H groups in total. The molecule has 1 atom stereocenters. The third-order valence-electron chi connectivity index (χ3n) is 3.67. The van der Waals surface area contributed by atoms with Gasteiger partial charge in [-0.1, -0.05) is 0 Å². The topological polar surface area (TPSA) is 75.6 Å². The Morgan fingerprint density at radius 3 is 2.73 bits per heavy atom. The van der Waals surface area contributed by atoms with E-state index in [-0.39, 0.29) is 22.0 Å². The maximum atomic E-state index is 14.7. The van der Waals surface area contributed by atoms with Gasteiger partial charge in [-0.25, -0.2) is 8.78 Å². The minimum atomic E-state index is -2.68. The largest absolute Gasteiger partial charge is 0.480 e. The van der Waals surface area contributed by atoms with E-state index in [4.69, 9.17) is 4.34 Å². The first kappa shape index (κ1) is 15.7. The van der Waals surface area contributed by atoms with E-state index in [0.717, 1.165) is 6.07 Å². The van der Waals surface area contributed by atoms with Crippen molar-refractivity contribution in [1.82, 2.24) is 5.32 Å². The maximum absolute atomic E-state index is 14.7. The Morgan fingerprint density at radius 1 is 1.45 bits per heavy atom. The summed E-state index contributed by atoms with van der Waals surface area (Å²) < 4.78 is 34.3. The van der Waals surface area contributed by atoms with Crippen molar-refractivity contribution in [3.63, 3.8) is 0 Å². The van der Waals surface area contributed by atoms with Crippen molar-refractivity contribution in [2.75, 3.05) is 0 Å². The molecule has 0 aromatic heterocycles. The lowest BCUT2D eigenvalue weighted by Crippen LogP contribution is -2.46. The molecule has 2 aliphatic rings. The molecule has 0 aliphatic carbocycles. The molecule has 1 unspecified atom stereocenters. The number of hydrogen-bond acceptors (Lipinski definition) is 5. The summed E-state index contributed by atoms with van der Waals surface area (Å²) >= 11 is 0.686. The second kappa shape index (κ2) is 5.15. The second-order valence-electron chi connectivity index (χ2n) is 5.67. The highest BCUT2D eigenvalue weighted by atomic mass is 32.2. The van der Waals surface area contributed by atoms with Gasteiger partial charge in [0.05, 0.1) is 10.1 Å². The van der Waals surface area contributed by atoms with Crippen LogP contribution in [0.4, 0.5) is 8.78 Å². The lowest BCUT2D eigenvalue weighted by atomic mass is 9.80. The number of halogens is 2. The van der Waals surface area contributed by atoms with Crippen LogP contribution in [0.25, 0.3) is 0 Å². The number of rotatable bonds is 2. The van der Waals surface area contributed by atoms with Crippen LogP contribution in [0.5, 0.6) is 0 Å². The summed E-state index contributed by atoms with van der Waals surface area (Å²) in [5.41, 5.74) is 0.1000. The number of fused-ring (bicyclic) bond motifs is 1. The third-order valence-corrected chi connectivity index (χ3v) is 7.47. The molecule has 1 saturated heterocycles. The fraction of sp³-hybridized carbons (Fsp3) is 0.333. The molecule has 1 aromatic rings. The van der Waals surface area contributed by atoms with Crippen LogP contribution in [0.3, 0.4) is 0 Å². The van der Waals surface area contributed by atoms with Crippen LogP contribution >= 0.6 is 11.8 Å². The van der Waals surface area contributed by atoms with Crippen LogP contribution in [0.15, 0.2) is 11.0 Å². The van der Waals surface area contributed by atoms with Crippen molar-refractivity contribution >= 4 is 49.7 Å². The van der Waals surface area contributed by atoms with Crippen LogP contribution in [0, 0.1) is 11.6 Å². The molecule has 22 heavy (non-hydrogen) atoms. The number of hydrogen-bond donors (Lipinski definition) is 2. The molecule has 0 bridgehead atoms. The van der Waals surface area contributed by atoms with Crippen LogP contribution < -0.4 is 16.0 Å². The van der Waals surface area contributed by atoms with Gasteiger partial charge in [0.2, 0.25) is 20.1 Å². The highest BCUT2D eigenvalue weighted by Gasteiger charge is 2.46. The number of imide groups is 1. The molecule has 2 aliphatic heterocycles. The van der Waals surface area contributed by atoms with Gasteiger partial charge in [0.15, 0.2) is 0 Å². The average molecular weight is 343 g/mol. The van der Waals surface area contributed by atoms with Crippen LogP contribution in [0.2, 0.25) is 13.1 Å². The maximum Gasteiger partial charge on any atom is 0.480 e. The van der Waals surface area contributed by atoms with Gasteiger partial charge in [-0.2, -0.15) is 0 Å². The number of thioether (sulfide) groups is 1. The van der Waals surface area contributed by atoms with Crippen LogP contribution in [-0.2, 0) is 13.9 Å². The summed E-state index contributed by atoms with van der Waals surface area (Å²) in [4.78, 5) is 22.4. The van der Waals surface area contributed by atoms with E-state index in [1.54, 1.807) is 13.1 Å². The van der Waals surface area contributed by atoms with Gasteiger partial charge < -0.3 is 9.37 Å². The zero-order valence-electron chi connectivity index (χ0n) is 11.8. The fourth-order valence-electron chi connectivity index (χ4n) is 2.70. The standard InChI is InChI=1S/C12H12BF2NO4SSi/c1-22(2)11-5(13(19)20-22)3-6(14)10(9(11)15)21-7-4-8(17)16-12(7)18/h3,7,19H,4H2,1-2H3,(H,16,17,18). The van der Waals surface area contributed by atoms with Crippen molar-refractivity contribution in [2.24, 2.45) is 0 Å². The molecule has 5 nitrogen and oxygen atoms in total. The van der Waals surface area contributed by atoms with Gasteiger partial charge in [0.25, 0.3) is 0 Å². The van der Waals surface area contributed by atoms with E-state index in [1.165, 1.54) is 0 Å². The zero-order chi connectivity index (χ0) is 16.2. The number of benzene rings is 1. The lowest BCUT2D eigenvalue weighted by Gasteiger charge is -2.19. The Labute approximate surface area is 130 Å². The lowest BCUT2D eigenvalue weighted by molar-refractivity contribution is -0.124. The predicted octanol–water partition coefficient (Wildman–Crippen LogP) is -0.398. The smallest absolute Gasteiger partial charge is 0.446 e. The Kier molecular flexibility index (Phi) is 3.67. The van der Waals surface area contributed by atoms with Gasteiger partial charge in [-0.05, 0) is 24.6 Å². The van der Waals surface area contributed by atoms with Crippen molar-refractivity contribution < 1.29 is 27.7 Å². The Hall–Kier alpha value is -1.23. The molecule has 2 heterocycles. The molecule has 1 aromatic carbocycles. The SMILES string of the molecule is C[Si]1(C)OB(O)c2cc(F)c(SC3CC(=O)NC3=O)c(F)c21. The molecule has 3 rings (SSSR count). The summed E-state index contributed by atoms with van der Waals surface area (Å²) in [5, 5.41) is 11.2. The van der Waals surface area contributed by atoms with E-state index in [0.29, 0.717) is 11.8 Å². The van der Waals surface area contributed by atoms with Gasteiger partial charge in [-0.15, -0.1) is 11.8 Å². The Balaban J connectivity index is 2.03. The molecule has 116 valence electrons. The van der Waals surface area contributed by atoms with E-state index in [1.807, 2.05) is 0 Å². The molecule has 2 amide bonds. The normalized spacial score (nSPS) is 23.0. The summed E-state index contributed by atoms with van der Waals surface area (Å²) in [5.74, 6) is -2.69. The fourth-order valence-corrected chi connectivity index (χ4v) is 6.20. The molecule has 0 spiro atoms. The van der Waals surface area contributed by atoms with Crippen molar-refractivity contribution in [2.45, 2.75) is 29.7 Å². The summed E-state index contributed by atoms with van der Waals surface area (Å²) in [7, 11) is -4.02. The zero-order valence-corrected chi connectivity index (χ0v) is 13.6. The highest BCUT2D eigenvalue weighted by molar-refractivity contribution is 8.00. The predicted molar refractivity (Wildman–Crippen MR) is 79.6 cm³/mol. The molecule has 1 fully saturated rings. The molecular weight excluding hydrogens is 331 g/mol. The number of carbonyl (C=O) groups is 2. The molecular formula is C12H12BF2NO4SSi. The van der Waals surface area contributed by atoms with Crippen LogP contribution in [0.1, 0.15) is 6.42 Å². The van der Waals surface area contributed by atoms with Gasteiger partial charge in [0.1, 0.15) is 11.6 Å². The first-order valence-corrected chi connectivity index (χ1v) is 10.4. The molecule has 10 heteroatoms. The van der Waals surface area contributed by atoms with Crippen molar-refractivity contribution in [3.05, 3.63) is 17.7 Å². The van der Waals surface area contributed by atoms with Gasteiger partial charge >= 0.3 is 7.12 Å². The second-order valence-corrected chi connectivity index (χ2v) is 10.6. The Bertz CT molecular complexity index is 702. The number of nitrogens with one attached hydrogen (secondary N) is 1. The van der Waals surface area contributed by atoms with Gasteiger partial charge in [-0.3, -0.25) is 14.9 Å². The van der Waals surface area contributed by atoms with Crippen molar-refractivity contribution in [3.8, 4) is 0 Å². The third kappa shape index (κ3) is 2.39. The number of amides is 2. The Morgan fingerprint density at radius 2 is 2.14 bits per heavy atom. The minimum absolute atomic E-state index is 0.1000. The molecule has 0 saturated carbocycles. The summed E-state index contributed by atoms with van der Waals surface area (Å²) in [6.45, 7) is 3.40. The summed E-state index contributed by atoms with van der Waals surface area (Å²) in [6, 6.07) is 1.04. The van der Waals surface area contributed by atoms with Crippen LogP contribution in [-0.4, -0.2) is 37.5 Å². The number of carbonyl (C=O) groups excluding carboxylic acids is 2. The van der Waals surface area contributed by atoms with E-state index >= 15 is 0 Å². The monoisotopic (exact) mass is 343 g/mol. The van der Waals surface area contributed by atoms with Crippen molar-refractivity contribution in [1.29, 1.82) is 0 Å². The first-order chi connectivity index (χ1) is 10.2.